The van der Waals surface area contributed by atoms with Crippen LogP contribution in [0.1, 0.15) is 46.0 Å². The van der Waals surface area contributed by atoms with Crippen molar-refractivity contribution in [1.29, 1.82) is 0 Å². The summed E-state index contributed by atoms with van der Waals surface area (Å²) in [6, 6.07) is 0.496. The van der Waals surface area contributed by atoms with Crippen LogP contribution in [-0.4, -0.2) is 24.5 Å². The summed E-state index contributed by atoms with van der Waals surface area (Å²) < 4.78 is 0. The Labute approximate surface area is 98.4 Å². The predicted octanol–water partition coefficient (Wildman–Crippen LogP) is 1.68. The number of hydrogen-bond acceptors (Lipinski definition) is 2. The lowest BCUT2D eigenvalue weighted by Crippen LogP contribution is -2.47. The smallest absolute Gasteiger partial charge is 0.237 e. The zero-order valence-corrected chi connectivity index (χ0v) is 10.5. The van der Waals surface area contributed by atoms with Gasteiger partial charge in [0.25, 0.3) is 0 Å². The molecule has 2 N–H and O–H groups in total. The fourth-order valence-electron chi connectivity index (χ4n) is 2.89. The third-order valence-electron chi connectivity index (χ3n) is 4.32. The highest BCUT2D eigenvalue weighted by Gasteiger charge is 2.28. The van der Waals surface area contributed by atoms with Crippen LogP contribution in [0.15, 0.2) is 0 Å². The van der Waals surface area contributed by atoms with Gasteiger partial charge in [-0.2, -0.15) is 0 Å². The first kappa shape index (κ1) is 11.9. The lowest BCUT2D eigenvalue weighted by molar-refractivity contribution is -0.123. The summed E-state index contributed by atoms with van der Waals surface area (Å²) >= 11 is 0. The Hall–Kier alpha value is -0.570. The quantitative estimate of drug-likeness (QED) is 0.749. The second kappa shape index (κ2) is 5.17. The minimum atomic E-state index is 0.0784. The Bertz CT molecular complexity index is 248. The molecule has 0 aromatic heterocycles. The normalized spacial score (nSPS) is 39.6. The van der Waals surface area contributed by atoms with E-state index in [1.165, 1.54) is 6.42 Å². The van der Waals surface area contributed by atoms with Gasteiger partial charge in [-0.3, -0.25) is 4.79 Å². The van der Waals surface area contributed by atoms with Crippen LogP contribution in [0.2, 0.25) is 0 Å². The van der Waals surface area contributed by atoms with Gasteiger partial charge in [0.2, 0.25) is 5.91 Å². The van der Waals surface area contributed by atoms with E-state index in [1.54, 1.807) is 0 Å². The van der Waals surface area contributed by atoms with Gasteiger partial charge in [0.05, 0.1) is 6.04 Å². The molecule has 1 aliphatic heterocycles. The molecule has 1 saturated heterocycles. The van der Waals surface area contributed by atoms with Gasteiger partial charge in [0.15, 0.2) is 0 Å². The molecule has 0 spiro atoms. The van der Waals surface area contributed by atoms with E-state index in [1.807, 2.05) is 0 Å². The molecule has 2 aliphatic rings. The Morgan fingerprint density at radius 1 is 1.19 bits per heavy atom. The largest absolute Gasteiger partial charge is 0.352 e. The molecule has 2 rings (SSSR count). The lowest BCUT2D eigenvalue weighted by Gasteiger charge is -2.33. The first-order chi connectivity index (χ1) is 7.66. The van der Waals surface area contributed by atoms with Gasteiger partial charge in [-0.1, -0.05) is 13.8 Å². The van der Waals surface area contributed by atoms with Crippen LogP contribution in [0, 0.1) is 11.8 Å². The Morgan fingerprint density at radius 3 is 2.62 bits per heavy atom. The zero-order chi connectivity index (χ0) is 11.5. The number of nitrogens with one attached hydrogen (secondary N) is 2. The highest BCUT2D eigenvalue weighted by molar-refractivity contribution is 5.82. The summed E-state index contributed by atoms with van der Waals surface area (Å²) in [5.74, 6) is 1.79. The van der Waals surface area contributed by atoms with Crippen molar-refractivity contribution in [2.45, 2.75) is 58.0 Å². The van der Waals surface area contributed by atoms with Crippen LogP contribution in [0.5, 0.6) is 0 Å². The van der Waals surface area contributed by atoms with Crippen LogP contribution in [-0.2, 0) is 4.79 Å². The van der Waals surface area contributed by atoms with E-state index in [2.05, 4.69) is 24.5 Å². The first-order valence-corrected chi connectivity index (χ1v) is 6.70. The van der Waals surface area contributed by atoms with Crippen molar-refractivity contribution >= 4 is 5.91 Å². The summed E-state index contributed by atoms with van der Waals surface area (Å²) in [7, 11) is 0. The maximum atomic E-state index is 11.9. The zero-order valence-electron chi connectivity index (χ0n) is 10.5. The van der Waals surface area contributed by atoms with E-state index in [9.17, 15) is 4.79 Å². The second-order valence-corrected chi connectivity index (χ2v) is 5.62. The fraction of sp³-hybridized carbons (Fsp3) is 0.923. The van der Waals surface area contributed by atoms with Crippen molar-refractivity contribution in [1.82, 2.24) is 10.6 Å². The predicted molar refractivity (Wildman–Crippen MR) is 65.1 cm³/mol. The van der Waals surface area contributed by atoms with Crippen molar-refractivity contribution in [2.24, 2.45) is 11.8 Å². The van der Waals surface area contributed by atoms with Gasteiger partial charge in [0.1, 0.15) is 0 Å². The number of carbonyl (C=O) groups excluding carboxylic acids is 1. The summed E-state index contributed by atoms with van der Waals surface area (Å²) in [4.78, 5) is 11.9. The van der Waals surface area contributed by atoms with E-state index < -0.39 is 0 Å². The average molecular weight is 224 g/mol. The standard InChI is InChI=1S/C13H24N2O/c1-9-5-6-11(8-10(9)2)15-13(16)12-4-3-7-14-12/h9-12,14H,3-8H2,1-2H3,(H,15,16)/t9?,10?,11?,12-/m0/s1. The van der Waals surface area contributed by atoms with Crippen molar-refractivity contribution in [3.63, 3.8) is 0 Å². The molecule has 3 nitrogen and oxygen atoms in total. The number of amides is 1. The molecule has 1 amide bonds. The number of hydrogen-bond donors (Lipinski definition) is 2. The molecule has 1 heterocycles. The molecule has 0 bridgehead atoms. The third kappa shape index (κ3) is 2.76. The van der Waals surface area contributed by atoms with Crippen molar-refractivity contribution in [3.05, 3.63) is 0 Å². The van der Waals surface area contributed by atoms with E-state index in [4.69, 9.17) is 0 Å². The summed E-state index contributed by atoms with van der Waals surface area (Å²) in [6.45, 7) is 5.62. The molecule has 2 fully saturated rings. The molecule has 0 aromatic carbocycles. The maximum absolute atomic E-state index is 11.9. The molecule has 92 valence electrons. The topological polar surface area (TPSA) is 41.1 Å². The summed E-state index contributed by atoms with van der Waals surface area (Å²) in [5.41, 5.74) is 0. The van der Waals surface area contributed by atoms with Gasteiger partial charge < -0.3 is 10.6 Å². The molecule has 0 radical (unpaired) electrons. The Balaban J connectivity index is 1.78. The molecule has 16 heavy (non-hydrogen) atoms. The van der Waals surface area contributed by atoms with Crippen LogP contribution >= 0.6 is 0 Å². The van der Waals surface area contributed by atoms with E-state index in [-0.39, 0.29) is 11.9 Å². The maximum Gasteiger partial charge on any atom is 0.237 e. The van der Waals surface area contributed by atoms with Crippen LogP contribution in [0.3, 0.4) is 0 Å². The van der Waals surface area contributed by atoms with Crippen molar-refractivity contribution < 1.29 is 4.79 Å². The van der Waals surface area contributed by atoms with E-state index >= 15 is 0 Å². The van der Waals surface area contributed by atoms with Crippen LogP contribution < -0.4 is 10.6 Å². The third-order valence-corrected chi connectivity index (χ3v) is 4.32. The first-order valence-electron chi connectivity index (χ1n) is 6.70. The SMILES string of the molecule is CC1CCC(NC(=O)[C@@H]2CCCN2)CC1C. The summed E-state index contributed by atoms with van der Waals surface area (Å²) in [6.07, 6.45) is 5.70. The number of carbonyl (C=O) groups is 1. The van der Waals surface area contributed by atoms with Crippen molar-refractivity contribution in [2.75, 3.05) is 6.54 Å². The molecule has 4 atom stereocenters. The molecular weight excluding hydrogens is 200 g/mol. The molecule has 1 aliphatic carbocycles. The van der Waals surface area contributed by atoms with Crippen LogP contribution in [0.25, 0.3) is 0 Å². The molecule has 3 unspecified atom stereocenters. The van der Waals surface area contributed by atoms with Gasteiger partial charge in [-0.05, 0) is 50.5 Å². The van der Waals surface area contributed by atoms with Gasteiger partial charge in [0, 0.05) is 6.04 Å². The van der Waals surface area contributed by atoms with Crippen molar-refractivity contribution in [3.8, 4) is 0 Å². The molecule has 0 aromatic rings. The van der Waals surface area contributed by atoms with E-state index in [0.29, 0.717) is 6.04 Å². The summed E-state index contributed by atoms with van der Waals surface area (Å²) in [5, 5.41) is 6.46. The molecule has 1 saturated carbocycles. The second-order valence-electron chi connectivity index (χ2n) is 5.62. The Kier molecular flexibility index (Phi) is 3.85. The highest BCUT2D eigenvalue weighted by Crippen LogP contribution is 2.29. The van der Waals surface area contributed by atoms with E-state index in [0.717, 1.165) is 44.1 Å². The average Bonchev–Trinajstić information content (AvgIpc) is 2.77. The number of rotatable bonds is 2. The van der Waals surface area contributed by atoms with Crippen LogP contribution in [0.4, 0.5) is 0 Å². The lowest BCUT2D eigenvalue weighted by atomic mass is 9.79. The fourth-order valence-corrected chi connectivity index (χ4v) is 2.89. The molecule has 3 heteroatoms. The van der Waals surface area contributed by atoms with Gasteiger partial charge in [-0.25, -0.2) is 0 Å². The Morgan fingerprint density at radius 2 is 2.00 bits per heavy atom. The highest BCUT2D eigenvalue weighted by atomic mass is 16.2. The monoisotopic (exact) mass is 224 g/mol. The molecular formula is C13H24N2O. The minimum Gasteiger partial charge on any atom is -0.352 e. The van der Waals surface area contributed by atoms with Gasteiger partial charge in [-0.15, -0.1) is 0 Å². The van der Waals surface area contributed by atoms with Gasteiger partial charge >= 0.3 is 0 Å². The minimum absolute atomic E-state index is 0.0784.